The SMILES string of the molecule is FC(F)(F)c1ccc(N2CCC(NCc3cccs3)CC2)nc1. The molecule has 1 saturated heterocycles. The van der Waals surface area contributed by atoms with Gasteiger partial charge in [0.2, 0.25) is 0 Å². The summed E-state index contributed by atoms with van der Waals surface area (Å²) in [6.07, 6.45) is -1.48. The molecular weight excluding hydrogens is 323 g/mol. The molecule has 1 aliphatic rings. The first kappa shape index (κ1) is 16.3. The summed E-state index contributed by atoms with van der Waals surface area (Å²) in [7, 11) is 0. The molecule has 3 nitrogen and oxygen atoms in total. The van der Waals surface area contributed by atoms with Crippen LogP contribution in [-0.4, -0.2) is 24.1 Å². The molecule has 1 fully saturated rings. The molecule has 7 heteroatoms. The van der Waals surface area contributed by atoms with Crippen LogP contribution < -0.4 is 10.2 Å². The van der Waals surface area contributed by atoms with E-state index < -0.39 is 11.7 Å². The number of aromatic nitrogens is 1. The maximum atomic E-state index is 12.6. The summed E-state index contributed by atoms with van der Waals surface area (Å²) in [5.41, 5.74) is -0.700. The summed E-state index contributed by atoms with van der Waals surface area (Å²) in [5.74, 6) is 0.620. The summed E-state index contributed by atoms with van der Waals surface area (Å²) in [4.78, 5) is 7.33. The molecule has 2 aromatic heterocycles. The number of alkyl halides is 3. The molecular formula is C16H18F3N3S. The average Bonchev–Trinajstić information content (AvgIpc) is 3.06. The lowest BCUT2D eigenvalue weighted by Gasteiger charge is -2.33. The molecule has 1 aliphatic heterocycles. The Labute approximate surface area is 137 Å². The number of thiophene rings is 1. The zero-order valence-electron chi connectivity index (χ0n) is 12.5. The predicted octanol–water partition coefficient (Wildman–Crippen LogP) is 3.92. The molecule has 0 atom stereocenters. The van der Waals surface area contributed by atoms with E-state index in [1.165, 1.54) is 10.9 Å². The van der Waals surface area contributed by atoms with E-state index in [0.29, 0.717) is 11.9 Å². The first-order valence-corrected chi connectivity index (χ1v) is 8.44. The number of hydrogen-bond donors (Lipinski definition) is 1. The number of rotatable bonds is 4. The van der Waals surface area contributed by atoms with Gasteiger partial charge in [-0.3, -0.25) is 0 Å². The Bertz CT molecular complexity index is 603. The van der Waals surface area contributed by atoms with Crippen LogP contribution in [0.1, 0.15) is 23.3 Å². The first-order chi connectivity index (χ1) is 11.0. The largest absolute Gasteiger partial charge is 0.417 e. The van der Waals surface area contributed by atoms with E-state index in [1.807, 2.05) is 11.0 Å². The average molecular weight is 341 g/mol. The molecule has 0 aliphatic carbocycles. The summed E-state index contributed by atoms with van der Waals surface area (Å²) < 4.78 is 37.7. The first-order valence-electron chi connectivity index (χ1n) is 7.56. The van der Waals surface area contributed by atoms with Gasteiger partial charge < -0.3 is 10.2 Å². The Kier molecular flexibility index (Phi) is 4.87. The van der Waals surface area contributed by atoms with Crippen LogP contribution in [0.3, 0.4) is 0 Å². The second-order valence-electron chi connectivity index (χ2n) is 5.62. The minimum Gasteiger partial charge on any atom is -0.357 e. The van der Waals surface area contributed by atoms with Crippen LogP contribution >= 0.6 is 11.3 Å². The standard InChI is InChI=1S/C16H18F3N3S/c17-16(18,19)12-3-4-15(21-10-12)22-7-5-13(6-8-22)20-11-14-2-1-9-23-14/h1-4,9-10,13,20H,5-8,11H2. The monoisotopic (exact) mass is 341 g/mol. The Morgan fingerprint density at radius 2 is 2.00 bits per heavy atom. The lowest BCUT2D eigenvalue weighted by Crippen LogP contribution is -2.42. The molecule has 124 valence electrons. The van der Waals surface area contributed by atoms with Crippen molar-refractivity contribution in [2.45, 2.75) is 31.6 Å². The predicted molar refractivity (Wildman–Crippen MR) is 85.6 cm³/mol. The summed E-state index contributed by atoms with van der Waals surface area (Å²) >= 11 is 1.74. The van der Waals surface area contributed by atoms with Crippen molar-refractivity contribution >= 4 is 17.2 Å². The van der Waals surface area contributed by atoms with Crippen molar-refractivity contribution in [3.8, 4) is 0 Å². The lowest BCUT2D eigenvalue weighted by atomic mass is 10.0. The van der Waals surface area contributed by atoms with Gasteiger partial charge in [0.15, 0.2) is 0 Å². The highest BCUT2D eigenvalue weighted by atomic mass is 32.1. The Morgan fingerprint density at radius 3 is 2.57 bits per heavy atom. The van der Waals surface area contributed by atoms with Crippen LogP contribution in [0.4, 0.5) is 19.0 Å². The van der Waals surface area contributed by atoms with E-state index in [2.05, 4.69) is 21.7 Å². The number of nitrogens with one attached hydrogen (secondary N) is 1. The fourth-order valence-corrected chi connectivity index (χ4v) is 3.37. The van der Waals surface area contributed by atoms with E-state index in [9.17, 15) is 13.2 Å². The van der Waals surface area contributed by atoms with Crippen molar-refractivity contribution in [2.75, 3.05) is 18.0 Å². The van der Waals surface area contributed by atoms with E-state index in [1.54, 1.807) is 11.3 Å². The fourth-order valence-electron chi connectivity index (χ4n) is 2.71. The fraction of sp³-hybridized carbons (Fsp3) is 0.438. The van der Waals surface area contributed by atoms with Crippen LogP contribution in [0, 0.1) is 0 Å². The molecule has 0 amide bonds. The van der Waals surface area contributed by atoms with Gasteiger partial charge in [-0.25, -0.2) is 4.98 Å². The van der Waals surface area contributed by atoms with Gasteiger partial charge in [-0.2, -0.15) is 13.2 Å². The van der Waals surface area contributed by atoms with Gasteiger partial charge in [0, 0.05) is 36.8 Å². The molecule has 0 saturated carbocycles. The van der Waals surface area contributed by atoms with Gasteiger partial charge in [0.25, 0.3) is 0 Å². The minimum absolute atomic E-state index is 0.447. The Balaban J connectivity index is 1.50. The highest BCUT2D eigenvalue weighted by Gasteiger charge is 2.31. The van der Waals surface area contributed by atoms with Crippen molar-refractivity contribution in [3.05, 3.63) is 46.3 Å². The van der Waals surface area contributed by atoms with Gasteiger partial charge in [-0.1, -0.05) is 6.07 Å². The molecule has 3 rings (SSSR count). The third kappa shape index (κ3) is 4.23. The van der Waals surface area contributed by atoms with Crippen LogP contribution in [0.2, 0.25) is 0 Å². The number of anilines is 1. The van der Waals surface area contributed by atoms with Crippen molar-refractivity contribution in [1.82, 2.24) is 10.3 Å². The van der Waals surface area contributed by atoms with Crippen LogP contribution in [0.5, 0.6) is 0 Å². The molecule has 0 bridgehead atoms. The van der Waals surface area contributed by atoms with Crippen molar-refractivity contribution in [2.24, 2.45) is 0 Å². The lowest BCUT2D eigenvalue weighted by molar-refractivity contribution is -0.137. The Hall–Kier alpha value is -1.60. The van der Waals surface area contributed by atoms with E-state index in [-0.39, 0.29) is 0 Å². The van der Waals surface area contributed by atoms with Crippen molar-refractivity contribution < 1.29 is 13.2 Å². The quantitative estimate of drug-likeness (QED) is 0.914. The number of piperidine rings is 1. The highest BCUT2D eigenvalue weighted by molar-refractivity contribution is 7.09. The van der Waals surface area contributed by atoms with Crippen LogP contribution in [0.25, 0.3) is 0 Å². The highest BCUT2D eigenvalue weighted by Crippen LogP contribution is 2.29. The van der Waals surface area contributed by atoms with E-state index >= 15 is 0 Å². The van der Waals surface area contributed by atoms with Gasteiger partial charge in [-0.05, 0) is 36.4 Å². The van der Waals surface area contributed by atoms with Crippen molar-refractivity contribution in [1.29, 1.82) is 0 Å². The number of pyridine rings is 1. The summed E-state index contributed by atoms with van der Waals surface area (Å²) in [6.45, 7) is 2.49. The van der Waals surface area contributed by atoms with Crippen LogP contribution in [-0.2, 0) is 12.7 Å². The van der Waals surface area contributed by atoms with Crippen molar-refractivity contribution in [3.63, 3.8) is 0 Å². The maximum Gasteiger partial charge on any atom is 0.417 e. The summed E-state index contributed by atoms with van der Waals surface area (Å²) in [6, 6.07) is 7.16. The third-order valence-corrected chi connectivity index (χ3v) is 4.92. The maximum absolute atomic E-state index is 12.6. The van der Waals surface area contributed by atoms with E-state index in [0.717, 1.165) is 44.7 Å². The summed E-state index contributed by atoms with van der Waals surface area (Å²) in [5, 5.41) is 5.60. The molecule has 0 radical (unpaired) electrons. The second kappa shape index (κ2) is 6.88. The molecule has 23 heavy (non-hydrogen) atoms. The van der Waals surface area contributed by atoms with Crippen LogP contribution in [0.15, 0.2) is 35.8 Å². The van der Waals surface area contributed by atoms with E-state index in [4.69, 9.17) is 0 Å². The van der Waals surface area contributed by atoms with Gasteiger partial charge in [0.05, 0.1) is 5.56 Å². The molecule has 2 aromatic rings. The normalized spacial score (nSPS) is 16.7. The van der Waals surface area contributed by atoms with Gasteiger partial charge >= 0.3 is 6.18 Å². The Morgan fingerprint density at radius 1 is 1.22 bits per heavy atom. The van der Waals surface area contributed by atoms with Gasteiger partial charge in [-0.15, -0.1) is 11.3 Å². The molecule has 0 aromatic carbocycles. The second-order valence-corrected chi connectivity index (χ2v) is 6.66. The zero-order chi connectivity index (χ0) is 16.3. The molecule has 0 unspecified atom stereocenters. The van der Waals surface area contributed by atoms with Gasteiger partial charge in [0.1, 0.15) is 5.82 Å². The molecule has 0 spiro atoms. The number of hydrogen-bond acceptors (Lipinski definition) is 4. The third-order valence-electron chi connectivity index (χ3n) is 4.04. The zero-order valence-corrected chi connectivity index (χ0v) is 13.3. The molecule has 3 heterocycles. The number of nitrogens with zero attached hydrogens (tertiary/aromatic N) is 2. The number of halogens is 3. The minimum atomic E-state index is -4.33. The molecule has 1 N–H and O–H groups in total. The smallest absolute Gasteiger partial charge is 0.357 e. The topological polar surface area (TPSA) is 28.2 Å².